The van der Waals surface area contributed by atoms with Gasteiger partial charge in [-0.05, 0) is 12.1 Å². The van der Waals surface area contributed by atoms with Crippen LogP contribution in [0.25, 0.3) is 0 Å². The van der Waals surface area contributed by atoms with E-state index in [0.29, 0.717) is 5.56 Å². The highest BCUT2D eigenvalue weighted by Gasteiger charge is 2.27. The Hall–Kier alpha value is -0.960. The molecule has 2 N–H and O–H groups in total. The van der Waals surface area contributed by atoms with E-state index < -0.39 is 5.92 Å². The number of nitrogens with two attached hydrogens (primary N) is 1. The topological polar surface area (TPSA) is 26.0 Å². The zero-order valence-electron chi connectivity index (χ0n) is 7.34. The lowest BCUT2D eigenvalue weighted by molar-refractivity contribution is -0.00451. The van der Waals surface area contributed by atoms with Gasteiger partial charge in [-0.2, -0.15) is 0 Å². The molecule has 0 atom stereocenters. The average Bonchev–Trinajstić information content (AvgIpc) is 2.04. The summed E-state index contributed by atoms with van der Waals surface area (Å²) >= 11 is 0. The summed E-state index contributed by atoms with van der Waals surface area (Å²) in [6, 6.07) is 8.72. The highest BCUT2D eigenvalue weighted by atomic mass is 19.3. The molecule has 1 aromatic rings. The fraction of sp³-hybridized carbons (Fsp3) is 0.400. The van der Waals surface area contributed by atoms with Gasteiger partial charge in [0.05, 0.1) is 0 Å². The third-order valence-electron chi connectivity index (χ3n) is 1.82. The smallest absolute Gasteiger partial charge is 0.253 e. The SMILES string of the molecule is NCCC(F)(F)Cc1ccccc1. The molecule has 13 heavy (non-hydrogen) atoms. The quantitative estimate of drug-likeness (QED) is 0.764. The zero-order chi connectivity index (χ0) is 9.73. The van der Waals surface area contributed by atoms with Crippen molar-refractivity contribution >= 4 is 0 Å². The molecule has 0 saturated heterocycles. The summed E-state index contributed by atoms with van der Waals surface area (Å²) in [5.74, 6) is -2.67. The van der Waals surface area contributed by atoms with E-state index in [1.807, 2.05) is 6.07 Å². The van der Waals surface area contributed by atoms with Crippen LogP contribution in [0, 0.1) is 0 Å². The van der Waals surface area contributed by atoms with Gasteiger partial charge in [-0.25, -0.2) is 8.78 Å². The summed E-state index contributed by atoms with van der Waals surface area (Å²) in [6.07, 6.45) is -0.465. The molecule has 0 aromatic heterocycles. The van der Waals surface area contributed by atoms with Crippen LogP contribution in [-0.2, 0) is 6.42 Å². The molecule has 0 saturated carbocycles. The molecule has 1 rings (SSSR count). The number of hydrogen-bond acceptors (Lipinski definition) is 1. The standard InChI is InChI=1S/C10H13F2N/c11-10(12,6-7-13)8-9-4-2-1-3-5-9/h1-5H,6-8,13H2. The Balaban J connectivity index is 2.58. The van der Waals surface area contributed by atoms with E-state index in [4.69, 9.17) is 5.73 Å². The van der Waals surface area contributed by atoms with E-state index in [9.17, 15) is 8.78 Å². The van der Waals surface area contributed by atoms with E-state index in [0.717, 1.165) is 0 Å². The van der Waals surface area contributed by atoms with Crippen molar-refractivity contribution in [2.24, 2.45) is 5.73 Å². The summed E-state index contributed by atoms with van der Waals surface area (Å²) in [4.78, 5) is 0. The van der Waals surface area contributed by atoms with Gasteiger partial charge in [0, 0.05) is 12.8 Å². The molecule has 0 bridgehead atoms. The first kappa shape index (κ1) is 10.1. The Labute approximate surface area is 76.6 Å². The first-order valence-corrected chi connectivity index (χ1v) is 4.26. The normalized spacial score (nSPS) is 11.6. The minimum absolute atomic E-state index is 0.0276. The summed E-state index contributed by atoms with van der Waals surface area (Å²) < 4.78 is 26.1. The van der Waals surface area contributed by atoms with E-state index in [1.165, 1.54) is 0 Å². The van der Waals surface area contributed by atoms with E-state index in [-0.39, 0.29) is 19.4 Å². The summed E-state index contributed by atoms with van der Waals surface area (Å²) in [5, 5.41) is 0. The monoisotopic (exact) mass is 185 g/mol. The van der Waals surface area contributed by atoms with Gasteiger partial charge in [0.15, 0.2) is 0 Å². The molecule has 0 heterocycles. The fourth-order valence-electron chi connectivity index (χ4n) is 1.19. The van der Waals surface area contributed by atoms with Crippen LogP contribution in [0.1, 0.15) is 12.0 Å². The molecule has 0 radical (unpaired) electrons. The summed E-state index contributed by atoms with van der Waals surface area (Å²) in [6.45, 7) is 0.0276. The van der Waals surface area contributed by atoms with Gasteiger partial charge in [-0.15, -0.1) is 0 Å². The van der Waals surface area contributed by atoms with Crippen LogP contribution in [0.4, 0.5) is 8.78 Å². The second kappa shape index (κ2) is 4.33. The number of benzene rings is 1. The number of alkyl halides is 2. The van der Waals surface area contributed by atoms with Crippen LogP contribution in [0.2, 0.25) is 0 Å². The lowest BCUT2D eigenvalue weighted by atomic mass is 10.1. The van der Waals surface area contributed by atoms with Crippen LogP contribution in [-0.4, -0.2) is 12.5 Å². The molecule has 3 heteroatoms. The molecule has 1 nitrogen and oxygen atoms in total. The molecule has 0 unspecified atom stereocenters. The molecule has 0 aliphatic carbocycles. The lowest BCUT2D eigenvalue weighted by Gasteiger charge is -2.14. The summed E-state index contributed by atoms with van der Waals surface area (Å²) in [7, 11) is 0. The second-order valence-corrected chi connectivity index (χ2v) is 3.06. The van der Waals surface area contributed by atoms with Gasteiger partial charge in [0.25, 0.3) is 5.92 Å². The van der Waals surface area contributed by atoms with Crippen molar-refractivity contribution < 1.29 is 8.78 Å². The van der Waals surface area contributed by atoms with Gasteiger partial charge < -0.3 is 5.73 Å². The van der Waals surface area contributed by atoms with Gasteiger partial charge in [0.2, 0.25) is 0 Å². The maximum Gasteiger partial charge on any atom is 0.253 e. The maximum atomic E-state index is 13.0. The molecule has 0 aliphatic rings. The third kappa shape index (κ3) is 3.51. The number of hydrogen-bond donors (Lipinski definition) is 1. The molecular weight excluding hydrogens is 172 g/mol. The van der Waals surface area contributed by atoms with Crippen molar-refractivity contribution in [3.8, 4) is 0 Å². The highest BCUT2D eigenvalue weighted by molar-refractivity contribution is 5.16. The van der Waals surface area contributed by atoms with Gasteiger partial charge in [-0.1, -0.05) is 30.3 Å². The van der Waals surface area contributed by atoms with Crippen LogP contribution < -0.4 is 5.73 Å². The number of halogens is 2. The van der Waals surface area contributed by atoms with Gasteiger partial charge in [0.1, 0.15) is 0 Å². The minimum Gasteiger partial charge on any atom is -0.330 e. The van der Waals surface area contributed by atoms with E-state index in [1.54, 1.807) is 24.3 Å². The molecular formula is C10H13F2N. The Kier molecular flexibility index (Phi) is 3.37. The Bertz CT molecular complexity index is 246. The van der Waals surface area contributed by atoms with Crippen molar-refractivity contribution in [1.82, 2.24) is 0 Å². The molecule has 72 valence electrons. The van der Waals surface area contributed by atoms with Crippen LogP contribution in [0.3, 0.4) is 0 Å². The van der Waals surface area contributed by atoms with E-state index >= 15 is 0 Å². The van der Waals surface area contributed by atoms with Gasteiger partial charge >= 0.3 is 0 Å². The van der Waals surface area contributed by atoms with E-state index in [2.05, 4.69) is 0 Å². The fourth-order valence-corrected chi connectivity index (χ4v) is 1.19. The first-order valence-electron chi connectivity index (χ1n) is 4.26. The Morgan fingerprint density at radius 3 is 2.31 bits per heavy atom. The molecule has 0 amide bonds. The average molecular weight is 185 g/mol. The Morgan fingerprint density at radius 1 is 1.15 bits per heavy atom. The lowest BCUT2D eigenvalue weighted by Crippen LogP contribution is -2.23. The van der Waals surface area contributed by atoms with Crippen LogP contribution in [0.5, 0.6) is 0 Å². The molecule has 0 fully saturated rings. The van der Waals surface area contributed by atoms with Crippen LogP contribution >= 0.6 is 0 Å². The van der Waals surface area contributed by atoms with Crippen LogP contribution in [0.15, 0.2) is 30.3 Å². The predicted molar refractivity (Wildman–Crippen MR) is 48.8 cm³/mol. The summed E-state index contributed by atoms with van der Waals surface area (Å²) in [5.41, 5.74) is 5.74. The van der Waals surface area contributed by atoms with Gasteiger partial charge in [-0.3, -0.25) is 0 Å². The number of rotatable bonds is 4. The molecule has 0 aliphatic heterocycles. The molecule has 1 aromatic carbocycles. The van der Waals surface area contributed by atoms with Crippen molar-refractivity contribution in [3.05, 3.63) is 35.9 Å². The van der Waals surface area contributed by atoms with Crippen molar-refractivity contribution in [3.63, 3.8) is 0 Å². The van der Waals surface area contributed by atoms with Crippen molar-refractivity contribution in [2.75, 3.05) is 6.54 Å². The second-order valence-electron chi connectivity index (χ2n) is 3.06. The van der Waals surface area contributed by atoms with Crippen molar-refractivity contribution in [1.29, 1.82) is 0 Å². The minimum atomic E-state index is -2.67. The highest BCUT2D eigenvalue weighted by Crippen LogP contribution is 2.22. The zero-order valence-corrected chi connectivity index (χ0v) is 7.34. The maximum absolute atomic E-state index is 13.0. The Morgan fingerprint density at radius 2 is 1.77 bits per heavy atom. The largest absolute Gasteiger partial charge is 0.330 e. The molecule has 0 spiro atoms. The third-order valence-corrected chi connectivity index (χ3v) is 1.82. The predicted octanol–water partition coefficient (Wildman–Crippen LogP) is 2.21. The first-order chi connectivity index (χ1) is 6.14. The van der Waals surface area contributed by atoms with Crippen molar-refractivity contribution in [2.45, 2.75) is 18.8 Å².